The van der Waals surface area contributed by atoms with Gasteiger partial charge in [-0.25, -0.2) is 0 Å². The number of benzene rings is 1. The molecule has 1 amide bonds. The smallest absolute Gasteiger partial charge is 0.246 e. The number of para-hydroxylation sites is 1. The zero-order valence-corrected chi connectivity index (χ0v) is 14.1. The first-order chi connectivity index (χ1) is 10.8. The number of ether oxygens (including phenoxy) is 2. The van der Waals surface area contributed by atoms with Crippen LogP contribution in [0.1, 0.15) is 0 Å². The lowest BCUT2D eigenvalue weighted by Crippen LogP contribution is -2.46. The average molecular weight is 344 g/mol. The zero-order valence-electron chi connectivity index (χ0n) is 13.3. The highest BCUT2D eigenvalue weighted by atomic mass is 35.5. The van der Waals surface area contributed by atoms with Crippen molar-refractivity contribution in [1.29, 1.82) is 0 Å². The van der Waals surface area contributed by atoms with E-state index in [0.717, 1.165) is 38.5 Å². The predicted molar refractivity (Wildman–Crippen MR) is 92.3 cm³/mol. The molecule has 2 rings (SSSR count). The molecule has 1 aliphatic heterocycles. The number of hydrogen-bond acceptors (Lipinski definition) is 5. The third-order valence-electron chi connectivity index (χ3n) is 3.43. The summed E-state index contributed by atoms with van der Waals surface area (Å²) in [6.45, 7) is 6.63. The number of halogens is 1. The Hall–Kier alpha value is -1.34. The molecule has 0 bridgehead atoms. The van der Waals surface area contributed by atoms with Gasteiger partial charge in [0, 0.05) is 39.3 Å². The van der Waals surface area contributed by atoms with Gasteiger partial charge >= 0.3 is 0 Å². The molecule has 0 aromatic heterocycles. The molecule has 0 spiro atoms. The topological polar surface area (TPSA) is 62.8 Å². The molecule has 1 aromatic carbocycles. The van der Waals surface area contributed by atoms with Crippen molar-refractivity contribution in [2.45, 2.75) is 0 Å². The summed E-state index contributed by atoms with van der Waals surface area (Å²) in [4.78, 5) is 13.9. The molecule has 0 radical (unpaired) electrons. The molecule has 1 fully saturated rings. The van der Waals surface area contributed by atoms with E-state index < -0.39 is 0 Å². The number of carbonyl (C=O) groups excluding carboxylic acids is 1. The standard InChI is InChI=1S/C16H25N3O3.ClH/c20-16(18-8-11-19-9-6-17-7-10-19)14-21-12-13-22-15-4-2-1-3-5-15;/h1-5,17H,6-14H2,(H,18,20);1H. The summed E-state index contributed by atoms with van der Waals surface area (Å²) in [6.07, 6.45) is 0. The first-order valence-corrected chi connectivity index (χ1v) is 7.80. The van der Waals surface area contributed by atoms with Crippen molar-refractivity contribution < 1.29 is 14.3 Å². The number of rotatable bonds is 9. The Morgan fingerprint density at radius 3 is 2.65 bits per heavy atom. The Labute approximate surface area is 143 Å². The van der Waals surface area contributed by atoms with Crippen LogP contribution in [0.5, 0.6) is 5.75 Å². The van der Waals surface area contributed by atoms with E-state index in [1.165, 1.54) is 0 Å². The highest BCUT2D eigenvalue weighted by Crippen LogP contribution is 2.07. The maximum atomic E-state index is 11.6. The molecule has 1 saturated heterocycles. The maximum Gasteiger partial charge on any atom is 0.246 e. The van der Waals surface area contributed by atoms with Gasteiger partial charge in [-0.3, -0.25) is 9.69 Å². The summed E-state index contributed by atoms with van der Waals surface area (Å²) in [5.41, 5.74) is 0. The van der Waals surface area contributed by atoms with Gasteiger partial charge in [0.15, 0.2) is 0 Å². The van der Waals surface area contributed by atoms with Gasteiger partial charge in [0.05, 0.1) is 6.61 Å². The van der Waals surface area contributed by atoms with Gasteiger partial charge in [-0.15, -0.1) is 12.4 Å². The second-order valence-corrected chi connectivity index (χ2v) is 5.16. The molecule has 0 aliphatic carbocycles. The Balaban J connectivity index is 0.00000264. The quantitative estimate of drug-likeness (QED) is 0.640. The molecular weight excluding hydrogens is 318 g/mol. The zero-order chi connectivity index (χ0) is 15.5. The van der Waals surface area contributed by atoms with Crippen LogP contribution in [-0.2, 0) is 9.53 Å². The van der Waals surface area contributed by atoms with E-state index in [4.69, 9.17) is 9.47 Å². The van der Waals surface area contributed by atoms with Crippen molar-refractivity contribution in [3.8, 4) is 5.75 Å². The second-order valence-electron chi connectivity index (χ2n) is 5.16. The summed E-state index contributed by atoms with van der Waals surface area (Å²) in [5.74, 6) is 0.737. The van der Waals surface area contributed by atoms with Crippen LogP contribution >= 0.6 is 12.4 Å². The fourth-order valence-corrected chi connectivity index (χ4v) is 2.24. The van der Waals surface area contributed by atoms with Gasteiger partial charge in [-0.2, -0.15) is 0 Å². The van der Waals surface area contributed by atoms with E-state index >= 15 is 0 Å². The molecule has 6 nitrogen and oxygen atoms in total. The Morgan fingerprint density at radius 1 is 1.17 bits per heavy atom. The van der Waals surface area contributed by atoms with Gasteiger partial charge in [0.25, 0.3) is 0 Å². The molecule has 1 aromatic rings. The average Bonchev–Trinajstić information content (AvgIpc) is 2.56. The van der Waals surface area contributed by atoms with Crippen LogP contribution in [0.25, 0.3) is 0 Å². The van der Waals surface area contributed by atoms with Crippen molar-refractivity contribution >= 4 is 18.3 Å². The third-order valence-corrected chi connectivity index (χ3v) is 3.43. The largest absolute Gasteiger partial charge is 0.491 e. The molecule has 2 N–H and O–H groups in total. The molecule has 130 valence electrons. The minimum Gasteiger partial charge on any atom is -0.491 e. The van der Waals surface area contributed by atoms with Crippen molar-refractivity contribution in [1.82, 2.24) is 15.5 Å². The van der Waals surface area contributed by atoms with E-state index in [2.05, 4.69) is 15.5 Å². The summed E-state index contributed by atoms with van der Waals surface area (Å²) < 4.78 is 10.8. The minimum absolute atomic E-state index is 0. The van der Waals surface area contributed by atoms with Crippen LogP contribution in [0.3, 0.4) is 0 Å². The molecule has 0 unspecified atom stereocenters. The highest BCUT2D eigenvalue weighted by molar-refractivity contribution is 5.85. The van der Waals surface area contributed by atoms with E-state index in [9.17, 15) is 4.79 Å². The normalized spacial score (nSPS) is 14.8. The van der Waals surface area contributed by atoms with Crippen molar-refractivity contribution in [2.24, 2.45) is 0 Å². The lowest BCUT2D eigenvalue weighted by Gasteiger charge is -2.27. The van der Waals surface area contributed by atoms with Crippen molar-refractivity contribution in [2.75, 3.05) is 59.1 Å². The van der Waals surface area contributed by atoms with Crippen molar-refractivity contribution in [3.05, 3.63) is 30.3 Å². The Morgan fingerprint density at radius 2 is 1.91 bits per heavy atom. The first kappa shape index (κ1) is 19.7. The van der Waals surface area contributed by atoms with Crippen molar-refractivity contribution in [3.63, 3.8) is 0 Å². The number of nitrogens with one attached hydrogen (secondary N) is 2. The molecule has 0 saturated carbocycles. The van der Waals surface area contributed by atoms with Gasteiger partial charge in [0.1, 0.15) is 19.0 Å². The van der Waals surface area contributed by atoms with E-state index in [1.54, 1.807) is 0 Å². The summed E-state index contributed by atoms with van der Waals surface area (Å²) in [5, 5.41) is 6.18. The number of piperazine rings is 1. The van der Waals surface area contributed by atoms with Crippen LogP contribution < -0.4 is 15.4 Å². The predicted octanol–water partition coefficient (Wildman–Crippen LogP) is 0.525. The summed E-state index contributed by atoms with van der Waals surface area (Å²) in [7, 11) is 0. The van der Waals surface area contributed by atoms with Gasteiger partial charge < -0.3 is 20.1 Å². The Bertz CT molecular complexity index is 428. The third kappa shape index (κ3) is 8.76. The maximum absolute atomic E-state index is 11.6. The number of hydrogen-bond donors (Lipinski definition) is 2. The molecule has 1 aliphatic rings. The first-order valence-electron chi connectivity index (χ1n) is 7.80. The molecule has 7 heteroatoms. The number of nitrogens with zero attached hydrogens (tertiary/aromatic N) is 1. The van der Waals surface area contributed by atoms with Crippen LogP contribution in [-0.4, -0.2) is 69.9 Å². The van der Waals surface area contributed by atoms with Crippen LogP contribution in [0.15, 0.2) is 30.3 Å². The molecule has 23 heavy (non-hydrogen) atoms. The fourth-order valence-electron chi connectivity index (χ4n) is 2.24. The molecule has 1 heterocycles. The molecular formula is C16H26ClN3O3. The summed E-state index contributed by atoms with van der Waals surface area (Å²) >= 11 is 0. The van der Waals surface area contributed by atoms with Crippen LogP contribution in [0.4, 0.5) is 0 Å². The van der Waals surface area contributed by atoms with Gasteiger partial charge in [-0.1, -0.05) is 18.2 Å². The minimum atomic E-state index is -0.0742. The fraction of sp³-hybridized carbons (Fsp3) is 0.562. The second kappa shape index (κ2) is 12.1. The lowest BCUT2D eigenvalue weighted by atomic mass is 10.3. The van der Waals surface area contributed by atoms with Gasteiger partial charge in [0.2, 0.25) is 5.91 Å². The SMILES string of the molecule is Cl.O=C(COCCOc1ccccc1)NCCN1CCNCC1. The number of amides is 1. The Kier molecular flexibility index (Phi) is 10.4. The van der Waals surface area contributed by atoms with Crippen LogP contribution in [0.2, 0.25) is 0 Å². The monoisotopic (exact) mass is 343 g/mol. The lowest BCUT2D eigenvalue weighted by molar-refractivity contribution is -0.125. The van der Waals surface area contributed by atoms with Gasteiger partial charge in [-0.05, 0) is 12.1 Å². The van der Waals surface area contributed by atoms with Crippen LogP contribution in [0, 0.1) is 0 Å². The highest BCUT2D eigenvalue weighted by Gasteiger charge is 2.09. The summed E-state index contributed by atoms with van der Waals surface area (Å²) in [6, 6.07) is 9.56. The number of carbonyl (C=O) groups is 1. The molecule has 0 atom stereocenters. The van der Waals surface area contributed by atoms with E-state index in [0.29, 0.717) is 19.8 Å². The van der Waals surface area contributed by atoms with E-state index in [1.807, 2.05) is 30.3 Å². The van der Waals surface area contributed by atoms with E-state index in [-0.39, 0.29) is 24.9 Å².